The Morgan fingerprint density at radius 1 is 1.21 bits per heavy atom. The fourth-order valence-electron chi connectivity index (χ4n) is 3.00. The van der Waals surface area contributed by atoms with E-state index in [1.807, 2.05) is 42.7 Å². The number of amides is 1. The molecule has 2 aromatic carbocycles. The van der Waals surface area contributed by atoms with Gasteiger partial charge in [-0.2, -0.15) is 5.10 Å². The summed E-state index contributed by atoms with van der Waals surface area (Å²) in [6.07, 6.45) is 1.57. The number of phenols is 1. The first kappa shape index (κ1) is 19.5. The van der Waals surface area contributed by atoms with Crippen LogP contribution in [-0.4, -0.2) is 28.9 Å². The van der Waals surface area contributed by atoms with Crippen molar-refractivity contribution in [3.8, 4) is 17.2 Å². The second kappa shape index (κ2) is 8.19. The zero-order valence-electron chi connectivity index (χ0n) is 15.7. The SMILES string of the molecule is COc1ccc(-n2c(C)cc(/C=N/NC(=O)c3ccccc3O)c2C)cc1Cl. The predicted molar refractivity (Wildman–Crippen MR) is 110 cm³/mol. The predicted octanol–water partition coefficient (Wildman–Crippen LogP) is 4.23. The average molecular weight is 398 g/mol. The Kier molecular flexibility index (Phi) is 5.70. The molecular weight excluding hydrogens is 378 g/mol. The molecule has 0 atom stereocenters. The van der Waals surface area contributed by atoms with Crippen LogP contribution in [0.1, 0.15) is 27.3 Å². The minimum Gasteiger partial charge on any atom is -0.507 e. The number of rotatable bonds is 5. The first-order valence-electron chi connectivity index (χ1n) is 8.56. The third-order valence-corrected chi connectivity index (χ3v) is 4.68. The minimum absolute atomic E-state index is 0.0928. The van der Waals surface area contributed by atoms with Gasteiger partial charge in [-0.1, -0.05) is 23.7 Å². The van der Waals surface area contributed by atoms with E-state index in [9.17, 15) is 9.90 Å². The number of aromatic nitrogens is 1. The summed E-state index contributed by atoms with van der Waals surface area (Å²) in [4.78, 5) is 12.1. The number of carbonyl (C=O) groups is 1. The van der Waals surface area contributed by atoms with Crippen LogP contribution in [0, 0.1) is 13.8 Å². The van der Waals surface area contributed by atoms with Crippen molar-refractivity contribution in [3.63, 3.8) is 0 Å². The molecule has 0 saturated heterocycles. The van der Waals surface area contributed by atoms with Crippen molar-refractivity contribution in [3.05, 3.63) is 76.1 Å². The largest absolute Gasteiger partial charge is 0.507 e. The summed E-state index contributed by atoms with van der Waals surface area (Å²) in [5.41, 5.74) is 6.28. The van der Waals surface area contributed by atoms with Gasteiger partial charge in [0.2, 0.25) is 0 Å². The Morgan fingerprint density at radius 3 is 2.64 bits per heavy atom. The smallest absolute Gasteiger partial charge is 0.275 e. The molecule has 6 nitrogen and oxygen atoms in total. The maximum atomic E-state index is 12.1. The van der Waals surface area contributed by atoms with Crippen molar-refractivity contribution in [1.82, 2.24) is 9.99 Å². The highest BCUT2D eigenvalue weighted by Gasteiger charge is 2.12. The molecule has 0 spiro atoms. The molecule has 28 heavy (non-hydrogen) atoms. The maximum absolute atomic E-state index is 12.1. The van der Waals surface area contributed by atoms with E-state index >= 15 is 0 Å². The highest BCUT2D eigenvalue weighted by Crippen LogP contribution is 2.29. The van der Waals surface area contributed by atoms with Crippen molar-refractivity contribution in [2.45, 2.75) is 13.8 Å². The van der Waals surface area contributed by atoms with E-state index in [0.29, 0.717) is 10.8 Å². The molecule has 0 unspecified atom stereocenters. The first-order valence-corrected chi connectivity index (χ1v) is 8.94. The van der Waals surface area contributed by atoms with Crippen molar-refractivity contribution in [2.75, 3.05) is 7.11 Å². The molecule has 0 bridgehead atoms. The fourth-order valence-corrected chi connectivity index (χ4v) is 3.25. The van der Waals surface area contributed by atoms with Crippen molar-refractivity contribution >= 4 is 23.7 Å². The summed E-state index contributed by atoms with van der Waals surface area (Å²) in [6.45, 7) is 3.93. The third kappa shape index (κ3) is 3.87. The number of ether oxygens (including phenoxy) is 1. The number of carbonyl (C=O) groups excluding carboxylic acids is 1. The van der Waals surface area contributed by atoms with E-state index in [1.165, 1.54) is 12.1 Å². The summed E-state index contributed by atoms with van der Waals surface area (Å²) < 4.78 is 7.24. The molecule has 0 aliphatic carbocycles. The van der Waals surface area contributed by atoms with Crippen molar-refractivity contribution < 1.29 is 14.6 Å². The number of phenolic OH excluding ortho intramolecular Hbond substituents is 1. The van der Waals surface area contributed by atoms with Gasteiger partial charge in [-0.3, -0.25) is 4.79 Å². The van der Waals surface area contributed by atoms with Crippen LogP contribution in [0.25, 0.3) is 5.69 Å². The molecule has 1 amide bonds. The van der Waals surface area contributed by atoms with Gasteiger partial charge in [0, 0.05) is 22.6 Å². The van der Waals surface area contributed by atoms with E-state index in [0.717, 1.165) is 22.6 Å². The Labute approximate surface area is 168 Å². The second-order valence-corrected chi connectivity index (χ2v) is 6.60. The van der Waals surface area contributed by atoms with Gasteiger partial charge in [0.05, 0.1) is 23.9 Å². The number of hydrazone groups is 1. The number of aromatic hydroxyl groups is 1. The number of para-hydroxylation sites is 1. The summed E-state index contributed by atoms with van der Waals surface area (Å²) in [7, 11) is 1.57. The molecule has 0 saturated carbocycles. The summed E-state index contributed by atoms with van der Waals surface area (Å²) >= 11 is 6.25. The Balaban J connectivity index is 1.82. The maximum Gasteiger partial charge on any atom is 0.275 e. The fraction of sp³-hybridized carbons (Fsp3) is 0.143. The number of nitrogens with one attached hydrogen (secondary N) is 1. The lowest BCUT2D eigenvalue weighted by atomic mass is 10.2. The summed E-state index contributed by atoms with van der Waals surface area (Å²) in [6, 6.07) is 13.8. The molecule has 144 valence electrons. The molecule has 7 heteroatoms. The van der Waals surface area contributed by atoms with Crippen LogP contribution in [0.15, 0.2) is 53.6 Å². The van der Waals surface area contributed by atoms with Crippen molar-refractivity contribution in [2.24, 2.45) is 5.10 Å². The summed E-state index contributed by atoms with van der Waals surface area (Å²) in [5.74, 6) is 0.0383. The number of hydrogen-bond donors (Lipinski definition) is 2. The number of halogens is 1. The van der Waals surface area contributed by atoms with Gasteiger partial charge in [-0.15, -0.1) is 0 Å². The van der Waals surface area contributed by atoms with Crippen LogP contribution >= 0.6 is 11.6 Å². The van der Waals surface area contributed by atoms with E-state index in [2.05, 4.69) is 10.5 Å². The quantitative estimate of drug-likeness (QED) is 0.499. The topological polar surface area (TPSA) is 75.8 Å². The number of benzene rings is 2. The zero-order chi connectivity index (χ0) is 20.3. The molecule has 1 aromatic heterocycles. The highest BCUT2D eigenvalue weighted by molar-refractivity contribution is 6.32. The van der Waals surface area contributed by atoms with E-state index in [4.69, 9.17) is 16.3 Å². The van der Waals surface area contributed by atoms with E-state index in [1.54, 1.807) is 25.5 Å². The molecule has 2 N–H and O–H groups in total. The Morgan fingerprint density at radius 2 is 1.96 bits per heavy atom. The van der Waals surface area contributed by atoms with E-state index in [-0.39, 0.29) is 11.3 Å². The number of methoxy groups -OCH3 is 1. The minimum atomic E-state index is -0.481. The van der Waals surface area contributed by atoms with E-state index < -0.39 is 5.91 Å². The van der Waals surface area contributed by atoms with Crippen LogP contribution in [0.4, 0.5) is 0 Å². The van der Waals surface area contributed by atoms with Crippen LogP contribution < -0.4 is 10.2 Å². The van der Waals surface area contributed by atoms with Crippen LogP contribution in [-0.2, 0) is 0 Å². The number of hydrogen-bond acceptors (Lipinski definition) is 4. The summed E-state index contributed by atoms with van der Waals surface area (Å²) in [5, 5.41) is 14.3. The molecule has 0 fully saturated rings. The highest BCUT2D eigenvalue weighted by atomic mass is 35.5. The standard InChI is InChI=1S/C21H20ClN3O3/c1-13-10-15(12-23-24-21(27)17-6-4-5-7-19(17)26)14(2)25(13)16-8-9-20(28-3)18(22)11-16/h4-12,26H,1-3H3,(H,24,27)/b23-12+. The molecular formula is C21H20ClN3O3. The van der Waals surface area contributed by atoms with Gasteiger partial charge in [-0.25, -0.2) is 5.43 Å². The van der Waals surface area contributed by atoms with Gasteiger partial charge >= 0.3 is 0 Å². The lowest BCUT2D eigenvalue weighted by Gasteiger charge is -2.11. The van der Waals surface area contributed by atoms with Gasteiger partial charge in [0.25, 0.3) is 5.91 Å². The lowest BCUT2D eigenvalue weighted by Crippen LogP contribution is -2.17. The Hall–Kier alpha value is -3.25. The number of nitrogens with zero attached hydrogens (tertiary/aromatic N) is 2. The van der Waals surface area contributed by atoms with Gasteiger partial charge in [-0.05, 0) is 50.2 Å². The van der Waals surface area contributed by atoms with Crippen LogP contribution in [0.3, 0.4) is 0 Å². The molecule has 3 rings (SSSR count). The van der Waals surface area contributed by atoms with Gasteiger partial charge in [0.1, 0.15) is 11.5 Å². The average Bonchev–Trinajstić information content (AvgIpc) is 2.95. The first-order chi connectivity index (χ1) is 13.4. The zero-order valence-corrected chi connectivity index (χ0v) is 16.5. The Bertz CT molecular complexity index is 1060. The third-order valence-electron chi connectivity index (χ3n) is 4.38. The monoisotopic (exact) mass is 397 g/mol. The van der Waals surface area contributed by atoms with Gasteiger partial charge < -0.3 is 14.4 Å². The van der Waals surface area contributed by atoms with Crippen LogP contribution in [0.2, 0.25) is 5.02 Å². The second-order valence-electron chi connectivity index (χ2n) is 6.20. The normalized spacial score (nSPS) is 11.0. The van der Waals surface area contributed by atoms with Crippen molar-refractivity contribution in [1.29, 1.82) is 0 Å². The number of aryl methyl sites for hydroxylation is 1. The van der Waals surface area contributed by atoms with Gasteiger partial charge in [0.15, 0.2) is 0 Å². The molecule has 0 radical (unpaired) electrons. The molecule has 3 aromatic rings. The molecule has 0 aliphatic rings. The molecule has 0 aliphatic heterocycles. The lowest BCUT2D eigenvalue weighted by molar-refractivity contribution is 0.0952. The molecule has 1 heterocycles. The van der Waals surface area contributed by atoms with Crippen LogP contribution in [0.5, 0.6) is 11.5 Å².